The van der Waals surface area contributed by atoms with E-state index in [1.54, 1.807) is 0 Å². The zero-order chi connectivity index (χ0) is 33.6. The van der Waals surface area contributed by atoms with Gasteiger partial charge in [-0.3, -0.25) is 0 Å². The number of nitrogens with zero attached hydrogens (tertiary/aromatic N) is 1. The van der Waals surface area contributed by atoms with Crippen LogP contribution in [0.25, 0.3) is 10.8 Å². The summed E-state index contributed by atoms with van der Waals surface area (Å²) in [5, 5.41) is 24.9. The van der Waals surface area contributed by atoms with Crippen LogP contribution in [0.4, 0.5) is 5.69 Å². The molecule has 5 aromatic rings. The van der Waals surface area contributed by atoms with Crippen LogP contribution in [-0.4, -0.2) is 38.0 Å². The molecule has 0 saturated heterocycles. The molecule has 0 aromatic heterocycles. The molecule has 6 rings (SSSR count). The van der Waals surface area contributed by atoms with Crippen molar-refractivity contribution in [2.45, 2.75) is 75.2 Å². The summed E-state index contributed by atoms with van der Waals surface area (Å²) >= 11 is 0. The molecule has 0 bridgehead atoms. The van der Waals surface area contributed by atoms with Gasteiger partial charge in [-0.15, -0.1) is 0 Å². The first-order chi connectivity index (χ1) is 21.7. The van der Waals surface area contributed by atoms with Gasteiger partial charge in [0.1, 0.15) is 0 Å². The molecule has 236 valence electrons. The fourth-order valence-electron chi connectivity index (χ4n) is 8.10. The molecular weight excluding hydrogens is 560 g/mol. The summed E-state index contributed by atoms with van der Waals surface area (Å²) in [5.74, 6) is 0. The SMILES string of the molecule is Cc1cc(C)c(B(O)c2c(C)cc(C)cc2C)c(C)c1.Cc1cc(C)c(B(O)c2ccc3c4c(ccc(N(C)C)c24)CC3)c(C)c1. The van der Waals surface area contributed by atoms with E-state index in [-0.39, 0.29) is 0 Å². The predicted molar refractivity (Wildman–Crippen MR) is 202 cm³/mol. The standard InChI is InChI=1S/C23H26BNO.C18H23BO/c1-14-12-15(2)23(16(3)13-14)24(26)19-10-8-17-6-7-18-9-11-20(25(4)5)22(19)21(17)18;1-11-7-13(3)17(14(4)8-11)19(20)18-15(5)9-12(2)10-16(18)6/h8-13,26H,6-7H2,1-5H3;7-10,20H,1-6H3. The number of aryl methyl sites for hydroxylation is 11. The van der Waals surface area contributed by atoms with Gasteiger partial charge >= 0.3 is 13.8 Å². The van der Waals surface area contributed by atoms with E-state index in [9.17, 15) is 10.0 Å². The molecule has 1 aliphatic rings. The fraction of sp³-hybridized carbons (Fsp3) is 0.317. The van der Waals surface area contributed by atoms with Gasteiger partial charge in [-0.2, -0.15) is 0 Å². The number of benzene rings is 5. The van der Waals surface area contributed by atoms with Crippen molar-refractivity contribution in [2.24, 2.45) is 0 Å². The summed E-state index contributed by atoms with van der Waals surface area (Å²) in [6.07, 6.45) is 2.20. The van der Waals surface area contributed by atoms with Crippen molar-refractivity contribution < 1.29 is 10.0 Å². The second-order valence-corrected chi connectivity index (χ2v) is 13.9. The Hall–Kier alpha value is -3.79. The van der Waals surface area contributed by atoms with Crippen molar-refractivity contribution in [3.05, 3.63) is 122 Å². The summed E-state index contributed by atoms with van der Waals surface area (Å²) < 4.78 is 0. The molecule has 5 heteroatoms. The van der Waals surface area contributed by atoms with Crippen LogP contribution >= 0.6 is 0 Å². The quantitative estimate of drug-likeness (QED) is 0.253. The molecular formula is C41H49B2NO2. The van der Waals surface area contributed by atoms with Gasteiger partial charge in [0.25, 0.3) is 0 Å². The highest BCUT2D eigenvalue weighted by atomic mass is 16.2. The van der Waals surface area contributed by atoms with Crippen LogP contribution in [-0.2, 0) is 12.8 Å². The van der Waals surface area contributed by atoms with Gasteiger partial charge in [-0.05, 0) is 120 Å². The molecule has 2 N–H and O–H groups in total. The Morgan fingerprint density at radius 2 is 0.826 bits per heavy atom. The smallest absolute Gasteiger partial charge is 0.360 e. The molecule has 0 atom stereocenters. The van der Waals surface area contributed by atoms with Gasteiger partial charge in [0.05, 0.1) is 0 Å². The van der Waals surface area contributed by atoms with Gasteiger partial charge in [0.15, 0.2) is 0 Å². The Bertz CT molecular complexity index is 1820. The van der Waals surface area contributed by atoms with E-state index in [0.29, 0.717) is 0 Å². The summed E-state index contributed by atoms with van der Waals surface area (Å²) in [4.78, 5) is 2.16. The Kier molecular flexibility index (Phi) is 9.59. The van der Waals surface area contributed by atoms with E-state index in [4.69, 9.17) is 0 Å². The van der Waals surface area contributed by atoms with E-state index < -0.39 is 13.8 Å². The Morgan fingerprint density at radius 3 is 1.20 bits per heavy atom. The normalized spacial score (nSPS) is 11.8. The molecule has 46 heavy (non-hydrogen) atoms. The summed E-state index contributed by atoms with van der Waals surface area (Å²) in [6, 6.07) is 21.7. The molecule has 0 spiro atoms. The molecule has 1 aliphatic carbocycles. The van der Waals surface area contributed by atoms with Crippen LogP contribution in [0.2, 0.25) is 0 Å². The summed E-state index contributed by atoms with van der Waals surface area (Å²) in [5.41, 5.74) is 18.8. The minimum absolute atomic E-state index is 0.545. The lowest BCUT2D eigenvalue weighted by Crippen LogP contribution is -2.47. The summed E-state index contributed by atoms with van der Waals surface area (Å²) in [7, 11) is 4.16. The lowest BCUT2D eigenvalue weighted by atomic mass is 9.51. The lowest BCUT2D eigenvalue weighted by molar-refractivity contribution is 0.598. The lowest BCUT2D eigenvalue weighted by Gasteiger charge is -2.22. The van der Waals surface area contributed by atoms with Crippen LogP contribution in [0.3, 0.4) is 0 Å². The van der Waals surface area contributed by atoms with Gasteiger partial charge in [-0.1, -0.05) is 105 Å². The van der Waals surface area contributed by atoms with Gasteiger partial charge in [-0.25, -0.2) is 0 Å². The number of anilines is 1. The first kappa shape index (κ1) is 33.6. The van der Waals surface area contributed by atoms with Gasteiger partial charge in [0.2, 0.25) is 0 Å². The van der Waals surface area contributed by atoms with Crippen molar-refractivity contribution >= 4 is 52.1 Å². The molecule has 0 unspecified atom stereocenters. The van der Waals surface area contributed by atoms with E-state index in [1.807, 2.05) is 0 Å². The predicted octanol–water partition coefficient (Wildman–Crippen LogP) is 5.66. The fourth-order valence-corrected chi connectivity index (χ4v) is 8.10. The second kappa shape index (κ2) is 13.1. The zero-order valence-corrected chi connectivity index (χ0v) is 29.7. The Balaban J connectivity index is 0.000000188. The van der Waals surface area contributed by atoms with Crippen LogP contribution in [0.15, 0.2) is 60.7 Å². The molecule has 0 aliphatic heterocycles. The molecule has 0 fully saturated rings. The van der Waals surface area contributed by atoms with Crippen LogP contribution in [0.5, 0.6) is 0 Å². The summed E-state index contributed by atoms with van der Waals surface area (Å²) in [6.45, 7) is 17.7. The third-order valence-corrected chi connectivity index (χ3v) is 9.82. The molecule has 3 nitrogen and oxygen atoms in total. The maximum absolute atomic E-state index is 11.4. The monoisotopic (exact) mass is 609 g/mol. The minimum Gasteiger partial charge on any atom is -0.443 e. The molecule has 0 radical (unpaired) electrons. The maximum Gasteiger partial charge on any atom is 0.360 e. The first-order valence-electron chi connectivity index (χ1n) is 16.5. The third-order valence-electron chi connectivity index (χ3n) is 9.82. The highest BCUT2D eigenvalue weighted by Crippen LogP contribution is 2.35. The Morgan fingerprint density at radius 1 is 0.478 bits per heavy atom. The third kappa shape index (κ3) is 6.28. The topological polar surface area (TPSA) is 43.7 Å². The number of hydrogen-bond donors (Lipinski definition) is 2. The van der Waals surface area contributed by atoms with Crippen molar-refractivity contribution in [3.8, 4) is 0 Å². The average Bonchev–Trinajstić information content (AvgIpc) is 3.36. The number of hydrogen-bond acceptors (Lipinski definition) is 3. The largest absolute Gasteiger partial charge is 0.443 e. The van der Waals surface area contributed by atoms with Crippen molar-refractivity contribution in [2.75, 3.05) is 19.0 Å². The van der Waals surface area contributed by atoms with Crippen LogP contribution in [0, 0.1) is 62.3 Å². The minimum atomic E-state index is -0.612. The van der Waals surface area contributed by atoms with E-state index in [2.05, 4.69) is 142 Å². The Labute approximate surface area is 277 Å². The highest BCUT2D eigenvalue weighted by molar-refractivity contribution is 6.82. The van der Waals surface area contributed by atoms with Gasteiger partial charge < -0.3 is 14.9 Å². The first-order valence-corrected chi connectivity index (χ1v) is 16.5. The maximum atomic E-state index is 11.4. The van der Waals surface area contributed by atoms with Crippen molar-refractivity contribution in [1.29, 1.82) is 0 Å². The zero-order valence-electron chi connectivity index (χ0n) is 29.7. The molecule has 5 aromatic carbocycles. The van der Waals surface area contributed by atoms with Crippen molar-refractivity contribution in [3.63, 3.8) is 0 Å². The molecule has 0 amide bonds. The number of rotatable bonds is 5. The van der Waals surface area contributed by atoms with Crippen LogP contribution < -0.4 is 26.8 Å². The highest BCUT2D eigenvalue weighted by Gasteiger charge is 2.28. The molecule has 0 heterocycles. The average molecular weight is 609 g/mol. The van der Waals surface area contributed by atoms with E-state index >= 15 is 0 Å². The van der Waals surface area contributed by atoms with Gasteiger partial charge in [0, 0.05) is 25.2 Å². The van der Waals surface area contributed by atoms with E-state index in [0.717, 1.165) is 68.1 Å². The second-order valence-electron chi connectivity index (χ2n) is 13.9. The van der Waals surface area contributed by atoms with E-state index in [1.165, 1.54) is 44.3 Å². The van der Waals surface area contributed by atoms with Crippen LogP contribution in [0.1, 0.15) is 61.2 Å². The van der Waals surface area contributed by atoms with Crippen molar-refractivity contribution in [1.82, 2.24) is 0 Å². The molecule has 0 saturated carbocycles.